The third-order valence-electron chi connectivity index (χ3n) is 4.02. The first-order chi connectivity index (χ1) is 12.4. The van der Waals surface area contributed by atoms with E-state index in [9.17, 15) is 4.79 Å². The summed E-state index contributed by atoms with van der Waals surface area (Å²) in [7, 11) is 0. The van der Waals surface area contributed by atoms with Crippen LogP contribution < -0.4 is 0 Å². The Bertz CT molecular complexity index is 916. The Morgan fingerprint density at radius 2 is 2.00 bits per heavy atom. The van der Waals surface area contributed by atoms with Crippen LogP contribution in [0, 0.1) is 13.8 Å². The molecular weight excluding hydrogens is 386 g/mol. The Kier molecular flexibility index (Phi) is 5.65. The highest BCUT2D eigenvalue weighted by Gasteiger charge is 2.31. The topological polar surface area (TPSA) is 38.1 Å². The highest BCUT2D eigenvalue weighted by Crippen LogP contribution is 2.34. The summed E-state index contributed by atoms with van der Waals surface area (Å²) in [5, 5.41) is 5.04. The number of rotatable bonds is 5. The maximum Gasteiger partial charge on any atom is 0.266 e. The molecule has 1 aliphatic rings. The van der Waals surface area contributed by atoms with Crippen LogP contribution in [0.25, 0.3) is 6.08 Å². The molecule has 0 saturated carbocycles. The highest BCUT2D eigenvalue weighted by atomic mass is 35.5. The molecule has 0 atom stereocenters. The summed E-state index contributed by atoms with van der Waals surface area (Å²) in [6.45, 7) is 8.57. The van der Waals surface area contributed by atoms with Gasteiger partial charge in [0.25, 0.3) is 5.91 Å². The number of hydrogen-bond donors (Lipinski definition) is 0. The molecule has 0 aliphatic carbocycles. The van der Waals surface area contributed by atoms with E-state index in [1.807, 2.05) is 6.92 Å². The predicted octanol–water partition coefficient (Wildman–Crippen LogP) is 4.59. The normalized spacial score (nSPS) is 16.0. The number of aromatic nitrogens is 2. The number of aryl methyl sites for hydroxylation is 2. The summed E-state index contributed by atoms with van der Waals surface area (Å²) in [5.41, 5.74) is 3.84. The van der Waals surface area contributed by atoms with Gasteiger partial charge in [0.15, 0.2) is 0 Å². The fraction of sp³-hybridized carbons (Fsp3) is 0.211. The van der Waals surface area contributed by atoms with Crippen LogP contribution in [-0.4, -0.2) is 31.5 Å². The number of thioether (sulfide) groups is 1. The Hall–Kier alpha value is -1.89. The summed E-state index contributed by atoms with van der Waals surface area (Å²) < 4.78 is 2.28. The van der Waals surface area contributed by atoms with E-state index in [4.69, 9.17) is 23.8 Å². The predicted molar refractivity (Wildman–Crippen MR) is 112 cm³/mol. The van der Waals surface area contributed by atoms with E-state index >= 15 is 0 Å². The van der Waals surface area contributed by atoms with Crippen molar-refractivity contribution in [3.05, 3.63) is 69.4 Å². The Morgan fingerprint density at radius 1 is 1.31 bits per heavy atom. The molecule has 2 aromatic rings. The van der Waals surface area contributed by atoms with Gasteiger partial charge >= 0.3 is 0 Å². The summed E-state index contributed by atoms with van der Waals surface area (Å²) in [6.07, 6.45) is 3.43. The standard InChI is InChI=1S/C19H18ClN3OS2/c1-4-9-22-18(24)16(26-19(22)25)10-15-13(3)21-23(17(15)20)11-14-7-5-12(2)6-8-14/h4-8,10H,1,9,11H2,2-3H3/b16-10-. The molecule has 1 aliphatic heterocycles. The van der Waals surface area contributed by atoms with E-state index in [-0.39, 0.29) is 5.91 Å². The monoisotopic (exact) mass is 403 g/mol. The van der Waals surface area contributed by atoms with Gasteiger partial charge in [-0.05, 0) is 25.5 Å². The van der Waals surface area contributed by atoms with Crippen molar-refractivity contribution in [1.29, 1.82) is 0 Å². The summed E-state index contributed by atoms with van der Waals surface area (Å²) in [4.78, 5) is 14.6. The largest absolute Gasteiger partial charge is 0.289 e. The van der Waals surface area contributed by atoms with E-state index < -0.39 is 0 Å². The number of carbonyl (C=O) groups excluding carboxylic acids is 1. The van der Waals surface area contributed by atoms with Crippen molar-refractivity contribution in [1.82, 2.24) is 14.7 Å². The van der Waals surface area contributed by atoms with Crippen molar-refractivity contribution < 1.29 is 4.79 Å². The van der Waals surface area contributed by atoms with Crippen LogP contribution in [0.4, 0.5) is 0 Å². The van der Waals surface area contributed by atoms with Crippen LogP contribution in [0.15, 0.2) is 41.8 Å². The second-order valence-electron chi connectivity index (χ2n) is 6.01. The molecule has 26 heavy (non-hydrogen) atoms. The molecule has 0 unspecified atom stereocenters. The van der Waals surface area contributed by atoms with Crippen LogP contribution in [-0.2, 0) is 11.3 Å². The summed E-state index contributed by atoms with van der Waals surface area (Å²) in [5.74, 6) is -0.123. The minimum absolute atomic E-state index is 0.123. The van der Waals surface area contributed by atoms with Gasteiger partial charge in [0, 0.05) is 12.1 Å². The third kappa shape index (κ3) is 3.77. The molecule has 0 spiro atoms. The van der Waals surface area contributed by atoms with Gasteiger partial charge in [-0.25, -0.2) is 4.68 Å². The number of benzene rings is 1. The van der Waals surface area contributed by atoms with Gasteiger partial charge in [-0.15, -0.1) is 6.58 Å². The fourth-order valence-corrected chi connectivity index (χ4v) is 4.17. The zero-order valence-electron chi connectivity index (χ0n) is 14.5. The smallest absolute Gasteiger partial charge is 0.266 e. The number of amides is 1. The SMILES string of the molecule is C=CCN1C(=O)/C(=C/c2c(C)nn(Cc3ccc(C)cc3)c2Cl)SC1=S. The fourth-order valence-electron chi connectivity index (χ4n) is 2.62. The molecule has 134 valence electrons. The lowest BCUT2D eigenvalue weighted by molar-refractivity contribution is -0.121. The molecule has 7 heteroatoms. The second-order valence-corrected chi connectivity index (χ2v) is 8.05. The third-order valence-corrected chi connectivity index (χ3v) is 5.80. The number of thiocarbonyl (C=S) groups is 1. The Balaban J connectivity index is 1.89. The van der Waals surface area contributed by atoms with Crippen molar-refractivity contribution in [2.45, 2.75) is 20.4 Å². The van der Waals surface area contributed by atoms with Gasteiger partial charge in [0.1, 0.15) is 9.47 Å². The van der Waals surface area contributed by atoms with Crippen molar-refractivity contribution in [3.8, 4) is 0 Å². The van der Waals surface area contributed by atoms with Crippen LogP contribution in [0.5, 0.6) is 0 Å². The van der Waals surface area contributed by atoms with E-state index in [0.717, 1.165) is 16.8 Å². The molecule has 2 heterocycles. The minimum Gasteiger partial charge on any atom is -0.289 e. The van der Waals surface area contributed by atoms with Gasteiger partial charge < -0.3 is 0 Å². The lowest BCUT2D eigenvalue weighted by Crippen LogP contribution is -2.27. The van der Waals surface area contributed by atoms with Crippen molar-refractivity contribution in [3.63, 3.8) is 0 Å². The van der Waals surface area contributed by atoms with Crippen LogP contribution >= 0.6 is 35.6 Å². The highest BCUT2D eigenvalue weighted by molar-refractivity contribution is 8.26. The maximum atomic E-state index is 12.5. The molecule has 1 saturated heterocycles. The van der Waals surface area contributed by atoms with Gasteiger partial charge in [-0.1, -0.05) is 71.5 Å². The molecule has 1 amide bonds. The molecular formula is C19H18ClN3OS2. The number of halogens is 1. The number of hydrogen-bond acceptors (Lipinski definition) is 4. The van der Waals surface area contributed by atoms with Crippen molar-refractivity contribution in [2.24, 2.45) is 0 Å². The molecule has 4 nitrogen and oxygen atoms in total. The number of carbonyl (C=O) groups is 1. The first-order valence-corrected chi connectivity index (χ1v) is 9.65. The molecule has 3 rings (SSSR count). The van der Waals surface area contributed by atoms with E-state index in [2.05, 4.69) is 42.9 Å². The minimum atomic E-state index is -0.123. The van der Waals surface area contributed by atoms with E-state index in [1.54, 1.807) is 16.8 Å². The molecule has 1 fully saturated rings. The first kappa shape index (κ1) is 18.9. The molecule has 1 aromatic carbocycles. The number of nitrogens with zero attached hydrogens (tertiary/aromatic N) is 3. The average Bonchev–Trinajstić information content (AvgIpc) is 3.02. The maximum absolute atomic E-state index is 12.5. The summed E-state index contributed by atoms with van der Waals surface area (Å²) >= 11 is 13.1. The van der Waals surface area contributed by atoms with Gasteiger partial charge in [0.2, 0.25) is 0 Å². The Morgan fingerprint density at radius 3 is 2.65 bits per heavy atom. The zero-order valence-corrected chi connectivity index (χ0v) is 16.9. The first-order valence-electron chi connectivity index (χ1n) is 8.05. The molecule has 0 radical (unpaired) electrons. The van der Waals surface area contributed by atoms with Crippen molar-refractivity contribution >= 4 is 51.9 Å². The summed E-state index contributed by atoms with van der Waals surface area (Å²) in [6, 6.07) is 8.24. The lowest BCUT2D eigenvalue weighted by atomic mass is 10.1. The van der Waals surface area contributed by atoms with Crippen LogP contribution in [0.3, 0.4) is 0 Å². The van der Waals surface area contributed by atoms with Crippen molar-refractivity contribution in [2.75, 3.05) is 6.54 Å². The van der Waals surface area contributed by atoms with E-state index in [0.29, 0.717) is 27.5 Å². The van der Waals surface area contributed by atoms with Gasteiger partial charge in [-0.2, -0.15) is 5.10 Å². The van der Waals surface area contributed by atoms with Crippen LogP contribution in [0.1, 0.15) is 22.4 Å². The van der Waals surface area contributed by atoms with E-state index in [1.165, 1.54) is 22.2 Å². The zero-order chi connectivity index (χ0) is 18.8. The molecule has 1 aromatic heterocycles. The molecule has 0 N–H and O–H groups in total. The Labute approximate surface area is 167 Å². The average molecular weight is 404 g/mol. The lowest BCUT2D eigenvalue weighted by Gasteiger charge is -2.10. The molecule has 0 bridgehead atoms. The van der Waals surface area contributed by atoms with Gasteiger partial charge in [-0.3, -0.25) is 9.69 Å². The van der Waals surface area contributed by atoms with Gasteiger partial charge in [0.05, 0.1) is 17.1 Å². The second kappa shape index (κ2) is 7.78. The quantitative estimate of drug-likeness (QED) is 0.415. The van der Waals surface area contributed by atoms with Crippen LogP contribution in [0.2, 0.25) is 5.15 Å².